The van der Waals surface area contributed by atoms with Gasteiger partial charge in [-0.3, -0.25) is 4.79 Å². The van der Waals surface area contributed by atoms with E-state index in [4.69, 9.17) is 0 Å². The van der Waals surface area contributed by atoms with E-state index in [-0.39, 0.29) is 11.3 Å². The molecule has 3 heteroatoms. The Labute approximate surface area is 116 Å². The van der Waals surface area contributed by atoms with Crippen molar-refractivity contribution in [2.24, 2.45) is 0 Å². The summed E-state index contributed by atoms with van der Waals surface area (Å²) in [5.41, 5.74) is 2.54. The van der Waals surface area contributed by atoms with Crippen molar-refractivity contribution in [1.29, 1.82) is 0 Å². The van der Waals surface area contributed by atoms with E-state index in [9.17, 15) is 9.90 Å². The average Bonchev–Trinajstić information content (AvgIpc) is 2.47. The van der Waals surface area contributed by atoms with Crippen molar-refractivity contribution in [3.8, 4) is 5.75 Å². The summed E-state index contributed by atoms with van der Waals surface area (Å²) in [6.45, 7) is 0. The zero-order chi connectivity index (χ0) is 13.9. The Bertz CT molecular complexity index is 791. The highest BCUT2D eigenvalue weighted by Gasteiger charge is 2.06. The second-order valence-corrected chi connectivity index (χ2v) is 4.84. The number of nitrogens with one attached hydrogen (secondary N) is 1. The van der Waals surface area contributed by atoms with Crippen LogP contribution >= 0.6 is 0 Å². The van der Waals surface area contributed by atoms with Gasteiger partial charge in [-0.05, 0) is 30.0 Å². The molecule has 2 N–H and O–H groups in total. The predicted octanol–water partition coefficient (Wildman–Crippen LogP) is 3.02. The smallest absolute Gasteiger partial charge is 0.248 e. The van der Waals surface area contributed by atoms with E-state index in [0.717, 1.165) is 23.8 Å². The lowest BCUT2D eigenvalue weighted by atomic mass is 10.0. The number of benzene rings is 2. The fraction of sp³-hybridized carbons (Fsp3) is 0.118. The summed E-state index contributed by atoms with van der Waals surface area (Å²) in [4.78, 5) is 14.4. The maximum Gasteiger partial charge on any atom is 0.248 e. The lowest BCUT2D eigenvalue weighted by Crippen LogP contribution is -2.07. The SMILES string of the molecule is O=c1cc(CCc2ccccc2)c2cccc(O)c2[nH]1. The van der Waals surface area contributed by atoms with E-state index in [1.165, 1.54) is 5.56 Å². The number of rotatable bonds is 3. The fourth-order valence-corrected chi connectivity index (χ4v) is 2.46. The molecule has 0 bridgehead atoms. The van der Waals surface area contributed by atoms with Gasteiger partial charge in [0.1, 0.15) is 5.75 Å². The number of aromatic nitrogens is 1. The maximum atomic E-state index is 11.7. The number of aromatic amines is 1. The lowest BCUT2D eigenvalue weighted by Gasteiger charge is -2.07. The Morgan fingerprint density at radius 1 is 0.950 bits per heavy atom. The summed E-state index contributed by atoms with van der Waals surface area (Å²) >= 11 is 0. The van der Waals surface area contributed by atoms with Crippen LogP contribution in [0.2, 0.25) is 0 Å². The quantitative estimate of drug-likeness (QED) is 0.764. The number of aryl methyl sites for hydroxylation is 2. The Morgan fingerprint density at radius 3 is 2.55 bits per heavy atom. The van der Waals surface area contributed by atoms with Gasteiger partial charge in [0, 0.05) is 11.5 Å². The molecule has 2 aromatic carbocycles. The number of para-hydroxylation sites is 1. The maximum absolute atomic E-state index is 11.7. The highest BCUT2D eigenvalue weighted by molar-refractivity contribution is 5.86. The second kappa shape index (κ2) is 5.21. The third-order valence-corrected chi connectivity index (χ3v) is 3.47. The number of hydrogen-bond donors (Lipinski definition) is 2. The van der Waals surface area contributed by atoms with Crippen molar-refractivity contribution in [2.45, 2.75) is 12.8 Å². The molecular formula is C17H15NO2. The Hall–Kier alpha value is -2.55. The van der Waals surface area contributed by atoms with Crippen molar-refractivity contribution in [3.63, 3.8) is 0 Å². The number of pyridine rings is 1. The van der Waals surface area contributed by atoms with Gasteiger partial charge in [0.05, 0.1) is 5.52 Å². The molecule has 1 heterocycles. The van der Waals surface area contributed by atoms with E-state index in [1.807, 2.05) is 24.3 Å². The molecule has 0 saturated carbocycles. The van der Waals surface area contributed by atoms with Gasteiger partial charge in [0.15, 0.2) is 0 Å². The van der Waals surface area contributed by atoms with Crippen molar-refractivity contribution >= 4 is 10.9 Å². The minimum Gasteiger partial charge on any atom is -0.506 e. The first-order valence-corrected chi connectivity index (χ1v) is 6.62. The number of H-pyrrole nitrogens is 1. The molecule has 3 aromatic rings. The van der Waals surface area contributed by atoms with Crippen LogP contribution in [-0.4, -0.2) is 10.1 Å². The molecule has 0 aliphatic carbocycles. The summed E-state index contributed by atoms with van der Waals surface area (Å²) < 4.78 is 0. The van der Waals surface area contributed by atoms with E-state index in [2.05, 4.69) is 17.1 Å². The van der Waals surface area contributed by atoms with Gasteiger partial charge in [-0.25, -0.2) is 0 Å². The largest absolute Gasteiger partial charge is 0.506 e. The van der Waals surface area contributed by atoms with Crippen molar-refractivity contribution < 1.29 is 5.11 Å². The van der Waals surface area contributed by atoms with Crippen LogP contribution in [0.1, 0.15) is 11.1 Å². The van der Waals surface area contributed by atoms with Gasteiger partial charge >= 0.3 is 0 Å². The molecule has 0 saturated heterocycles. The molecular weight excluding hydrogens is 250 g/mol. The molecule has 0 aliphatic heterocycles. The molecule has 0 fully saturated rings. The number of phenols is 1. The first kappa shape index (κ1) is 12.5. The zero-order valence-corrected chi connectivity index (χ0v) is 11.0. The molecule has 20 heavy (non-hydrogen) atoms. The number of fused-ring (bicyclic) bond motifs is 1. The Kier molecular flexibility index (Phi) is 3.25. The van der Waals surface area contributed by atoms with Crippen molar-refractivity contribution in [2.75, 3.05) is 0 Å². The topological polar surface area (TPSA) is 53.1 Å². The van der Waals surface area contributed by atoms with Crippen molar-refractivity contribution in [3.05, 3.63) is 76.1 Å². The number of aromatic hydroxyl groups is 1. The molecule has 0 unspecified atom stereocenters. The Morgan fingerprint density at radius 2 is 1.75 bits per heavy atom. The molecule has 0 spiro atoms. The molecule has 0 aliphatic rings. The van der Waals surface area contributed by atoms with E-state index in [1.54, 1.807) is 18.2 Å². The normalized spacial score (nSPS) is 10.8. The van der Waals surface area contributed by atoms with Crippen LogP contribution in [0, 0.1) is 0 Å². The van der Waals surface area contributed by atoms with E-state index in [0.29, 0.717) is 5.52 Å². The summed E-state index contributed by atoms with van der Waals surface area (Å²) in [7, 11) is 0. The summed E-state index contributed by atoms with van der Waals surface area (Å²) in [6, 6.07) is 17.1. The van der Waals surface area contributed by atoms with Gasteiger partial charge in [-0.2, -0.15) is 0 Å². The van der Waals surface area contributed by atoms with Crippen molar-refractivity contribution in [1.82, 2.24) is 4.98 Å². The van der Waals surface area contributed by atoms with Crippen LogP contribution in [0.15, 0.2) is 59.4 Å². The molecule has 3 rings (SSSR count). The van der Waals surface area contributed by atoms with Crippen LogP contribution in [0.25, 0.3) is 10.9 Å². The number of phenolic OH excluding ortho intramolecular Hbond substituents is 1. The van der Waals surface area contributed by atoms with Gasteiger partial charge in [-0.1, -0.05) is 42.5 Å². The van der Waals surface area contributed by atoms with Gasteiger partial charge < -0.3 is 10.1 Å². The minimum atomic E-state index is -0.179. The standard InChI is InChI=1S/C17H15NO2/c19-15-8-4-7-14-13(11-16(20)18-17(14)15)10-9-12-5-2-1-3-6-12/h1-8,11,19H,9-10H2,(H,18,20). The van der Waals surface area contributed by atoms with Crippen LogP contribution in [-0.2, 0) is 12.8 Å². The van der Waals surface area contributed by atoms with Crippen LogP contribution in [0.3, 0.4) is 0 Å². The third kappa shape index (κ3) is 2.43. The highest BCUT2D eigenvalue weighted by Crippen LogP contribution is 2.24. The summed E-state index contributed by atoms with van der Waals surface area (Å²) in [6.07, 6.45) is 1.64. The molecule has 0 radical (unpaired) electrons. The van der Waals surface area contributed by atoms with Gasteiger partial charge in [0.2, 0.25) is 5.56 Å². The average molecular weight is 265 g/mol. The second-order valence-electron chi connectivity index (χ2n) is 4.84. The molecule has 1 aromatic heterocycles. The van der Waals surface area contributed by atoms with Crippen LogP contribution in [0.5, 0.6) is 5.75 Å². The minimum absolute atomic E-state index is 0.112. The van der Waals surface area contributed by atoms with Crippen LogP contribution < -0.4 is 5.56 Å². The van der Waals surface area contributed by atoms with Crippen LogP contribution in [0.4, 0.5) is 0 Å². The van der Waals surface area contributed by atoms with E-state index >= 15 is 0 Å². The molecule has 3 nitrogen and oxygen atoms in total. The number of hydrogen-bond acceptors (Lipinski definition) is 2. The first-order valence-electron chi connectivity index (χ1n) is 6.62. The Balaban J connectivity index is 1.99. The zero-order valence-electron chi connectivity index (χ0n) is 11.0. The lowest BCUT2D eigenvalue weighted by molar-refractivity contribution is 0.480. The van der Waals surface area contributed by atoms with E-state index < -0.39 is 0 Å². The first-order chi connectivity index (χ1) is 9.74. The highest BCUT2D eigenvalue weighted by atomic mass is 16.3. The van der Waals surface area contributed by atoms with Gasteiger partial charge in [0.25, 0.3) is 0 Å². The third-order valence-electron chi connectivity index (χ3n) is 3.47. The van der Waals surface area contributed by atoms with Gasteiger partial charge in [-0.15, -0.1) is 0 Å². The summed E-state index contributed by atoms with van der Waals surface area (Å²) in [5.74, 6) is 0.112. The predicted molar refractivity (Wildman–Crippen MR) is 80.1 cm³/mol. The molecule has 0 amide bonds. The monoisotopic (exact) mass is 265 g/mol. The fourth-order valence-electron chi connectivity index (χ4n) is 2.46. The molecule has 0 atom stereocenters. The molecule has 100 valence electrons. The summed E-state index contributed by atoms with van der Waals surface area (Å²) in [5, 5.41) is 10.7.